The molecule has 0 heterocycles. The number of methoxy groups -OCH3 is 1. The number of hydrogen-bond donors (Lipinski definition) is 0. The van der Waals surface area contributed by atoms with Crippen molar-refractivity contribution in [1.29, 1.82) is 0 Å². The number of carbonyl (C=O) groups is 1. The van der Waals surface area contributed by atoms with Gasteiger partial charge in [-0.1, -0.05) is 12.7 Å². The lowest BCUT2D eigenvalue weighted by atomic mass is 10.2. The molecular formula is C11H12O3. The average molecular weight is 192 g/mol. The Kier molecular flexibility index (Phi) is 3.29. The van der Waals surface area contributed by atoms with Gasteiger partial charge < -0.3 is 9.47 Å². The Morgan fingerprint density at radius 2 is 2.21 bits per heavy atom. The highest BCUT2D eigenvalue weighted by molar-refractivity contribution is 5.70. The molecule has 0 amide bonds. The standard InChI is InChI=1S/C11H12O3/c1-4-9-5-6-10(14-8(2)12)7-11(9)13-3/h4-7H,1H2,2-3H3. The molecule has 0 spiro atoms. The Labute approximate surface area is 83.0 Å². The molecule has 0 aliphatic heterocycles. The molecule has 1 aromatic carbocycles. The van der Waals surface area contributed by atoms with E-state index in [0.717, 1.165) is 5.56 Å². The Morgan fingerprint density at radius 1 is 1.50 bits per heavy atom. The van der Waals surface area contributed by atoms with Crippen LogP contribution >= 0.6 is 0 Å². The molecule has 0 saturated carbocycles. The van der Waals surface area contributed by atoms with Crippen molar-refractivity contribution < 1.29 is 14.3 Å². The van der Waals surface area contributed by atoms with Crippen LogP contribution in [0.15, 0.2) is 24.8 Å². The predicted octanol–water partition coefficient (Wildman–Crippen LogP) is 2.26. The van der Waals surface area contributed by atoms with Gasteiger partial charge in [0.05, 0.1) is 7.11 Å². The Bertz CT molecular complexity index is 356. The number of esters is 1. The van der Waals surface area contributed by atoms with Gasteiger partial charge in [0.25, 0.3) is 0 Å². The SMILES string of the molecule is C=Cc1ccc(OC(C)=O)cc1OC. The lowest BCUT2D eigenvalue weighted by Gasteiger charge is -2.07. The summed E-state index contributed by atoms with van der Waals surface area (Å²) >= 11 is 0. The molecular weight excluding hydrogens is 180 g/mol. The van der Waals surface area contributed by atoms with E-state index >= 15 is 0 Å². The molecule has 0 aromatic heterocycles. The van der Waals surface area contributed by atoms with E-state index in [-0.39, 0.29) is 5.97 Å². The third-order valence-electron chi connectivity index (χ3n) is 1.69. The van der Waals surface area contributed by atoms with Crippen LogP contribution in [0.1, 0.15) is 12.5 Å². The molecule has 3 nitrogen and oxygen atoms in total. The fourth-order valence-corrected chi connectivity index (χ4v) is 1.09. The maximum Gasteiger partial charge on any atom is 0.308 e. The van der Waals surface area contributed by atoms with Gasteiger partial charge in [0, 0.05) is 18.6 Å². The quantitative estimate of drug-likeness (QED) is 0.544. The van der Waals surface area contributed by atoms with E-state index in [1.54, 1.807) is 31.4 Å². The fourth-order valence-electron chi connectivity index (χ4n) is 1.09. The van der Waals surface area contributed by atoms with Gasteiger partial charge >= 0.3 is 5.97 Å². The summed E-state index contributed by atoms with van der Waals surface area (Å²) in [6.07, 6.45) is 1.68. The van der Waals surface area contributed by atoms with E-state index in [1.165, 1.54) is 6.92 Å². The van der Waals surface area contributed by atoms with Crippen molar-refractivity contribution in [2.75, 3.05) is 7.11 Å². The summed E-state index contributed by atoms with van der Waals surface area (Å²) in [5, 5.41) is 0. The minimum Gasteiger partial charge on any atom is -0.496 e. The van der Waals surface area contributed by atoms with Crippen LogP contribution in [0.3, 0.4) is 0 Å². The molecule has 1 aromatic rings. The molecule has 0 atom stereocenters. The molecule has 0 aliphatic rings. The van der Waals surface area contributed by atoms with Gasteiger partial charge in [0.2, 0.25) is 0 Å². The van der Waals surface area contributed by atoms with E-state index in [4.69, 9.17) is 9.47 Å². The zero-order chi connectivity index (χ0) is 10.6. The average Bonchev–Trinajstić information content (AvgIpc) is 2.16. The third-order valence-corrected chi connectivity index (χ3v) is 1.69. The summed E-state index contributed by atoms with van der Waals surface area (Å²) in [7, 11) is 1.56. The first kappa shape index (κ1) is 10.3. The van der Waals surface area contributed by atoms with Crippen molar-refractivity contribution >= 4 is 12.0 Å². The lowest BCUT2D eigenvalue weighted by Crippen LogP contribution is -2.01. The zero-order valence-electron chi connectivity index (χ0n) is 8.24. The first-order valence-corrected chi connectivity index (χ1v) is 4.16. The molecule has 0 saturated heterocycles. The van der Waals surface area contributed by atoms with Crippen LogP contribution in [0.2, 0.25) is 0 Å². The van der Waals surface area contributed by atoms with Crippen molar-refractivity contribution in [3.8, 4) is 11.5 Å². The molecule has 0 fully saturated rings. The number of rotatable bonds is 3. The van der Waals surface area contributed by atoms with E-state index in [0.29, 0.717) is 11.5 Å². The number of carbonyl (C=O) groups excluding carboxylic acids is 1. The molecule has 14 heavy (non-hydrogen) atoms. The van der Waals surface area contributed by atoms with Crippen LogP contribution in [-0.2, 0) is 4.79 Å². The zero-order valence-corrected chi connectivity index (χ0v) is 8.24. The first-order chi connectivity index (χ1) is 6.67. The van der Waals surface area contributed by atoms with E-state index < -0.39 is 0 Å². The molecule has 3 heteroatoms. The highest BCUT2D eigenvalue weighted by Crippen LogP contribution is 2.25. The summed E-state index contributed by atoms with van der Waals surface area (Å²) in [5.74, 6) is 0.761. The summed E-state index contributed by atoms with van der Waals surface area (Å²) in [4.78, 5) is 10.7. The summed E-state index contributed by atoms with van der Waals surface area (Å²) in [6, 6.07) is 5.13. The van der Waals surface area contributed by atoms with Crippen LogP contribution in [0.5, 0.6) is 11.5 Å². The minimum absolute atomic E-state index is 0.349. The largest absolute Gasteiger partial charge is 0.496 e. The summed E-state index contributed by atoms with van der Waals surface area (Å²) in [5.41, 5.74) is 0.864. The van der Waals surface area contributed by atoms with Gasteiger partial charge in [-0.05, 0) is 12.1 Å². The van der Waals surface area contributed by atoms with Crippen molar-refractivity contribution in [1.82, 2.24) is 0 Å². The maximum atomic E-state index is 10.7. The van der Waals surface area contributed by atoms with Crippen LogP contribution < -0.4 is 9.47 Å². The molecule has 0 unspecified atom stereocenters. The lowest BCUT2D eigenvalue weighted by molar-refractivity contribution is -0.131. The number of hydrogen-bond acceptors (Lipinski definition) is 3. The second-order valence-corrected chi connectivity index (χ2v) is 2.70. The van der Waals surface area contributed by atoms with Crippen molar-refractivity contribution in [2.24, 2.45) is 0 Å². The second-order valence-electron chi connectivity index (χ2n) is 2.70. The van der Waals surface area contributed by atoms with E-state index in [2.05, 4.69) is 6.58 Å². The van der Waals surface area contributed by atoms with Crippen molar-refractivity contribution in [3.05, 3.63) is 30.3 Å². The van der Waals surface area contributed by atoms with Gasteiger partial charge in [0.1, 0.15) is 11.5 Å². The highest BCUT2D eigenvalue weighted by atomic mass is 16.5. The molecule has 0 bridgehead atoms. The highest BCUT2D eigenvalue weighted by Gasteiger charge is 2.03. The molecule has 0 radical (unpaired) electrons. The number of benzene rings is 1. The van der Waals surface area contributed by atoms with E-state index in [9.17, 15) is 4.79 Å². The second kappa shape index (κ2) is 4.46. The summed E-state index contributed by atoms with van der Waals surface area (Å²) < 4.78 is 10.00. The Hall–Kier alpha value is -1.77. The van der Waals surface area contributed by atoms with Gasteiger partial charge in [0.15, 0.2) is 0 Å². The van der Waals surface area contributed by atoms with Crippen LogP contribution in [0.25, 0.3) is 6.08 Å². The Morgan fingerprint density at radius 3 is 2.71 bits per heavy atom. The monoisotopic (exact) mass is 192 g/mol. The summed E-state index contributed by atoms with van der Waals surface area (Å²) in [6.45, 7) is 5.00. The smallest absolute Gasteiger partial charge is 0.308 e. The van der Waals surface area contributed by atoms with Gasteiger partial charge in [-0.3, -0.25) is 4.79 Å². The topological polar surface area (TPSA) is 35.5 Å². The van der Waals surface area contributed by atoms with Crippen LogP contribution in [-0.4, -0.2) is 13.1 Å². The molecule has 1 rings (SSSR count). The van der Waals surface area contributed by atoms with Crippen molar-refractivity contribution in [3.63, 3.8) is 0 Å². The van der Waals surface area contributed by atoms with Crippen molar-refractivity contribution in [2.45, 2.75) is 6.92 Å². The first-order valence-electron chi connectivity index (χ1n) is 4.16. The maximum absolute atomic E-state index is 10.7. The Balaban J connectivity index is 3.01. The predicted molar refractivity (Wildman–Crippen MR) is 54.4 cm³/mol. The van der Waals surface area contributed by atoms with Crippen LogP contribution in [0, 0.1) is 0 Å². The minimum atomic E-state index is -0.349. The number of ether oxygens (including phenoxy) is 2. The van der Waals surface area contributed by atoms with Gasteiger partial charge in [-0.25, -0.2) is 0 Å². The third kappa shape index (κ3) is 2.36. The van der Waals surface area contributed by atoms with Crippen LogP contribution in [0.4, 0.5) is 0 Å². The van der Waals surface area contributed by atoms with Gasteiger partial charge in [-0.2, -0.15) is 0 Å². The van der Waals surface area contributed by atoms with E-state index in [1.807, 2.05) is 0 Å². The molecule has 0 aliphatic carbocycles. The normalized spacial score (nSPS) is 9.29. The molecule has 74 valence electrons. The fraction of sp³-hybridized carbons (Fsp3) is 0.182. The molecule has 0 N–H and O–H groups in total. The van der Waals surface area contributed by atoms with Gasteiger partial charge in [-0.15, -0.1) is 0 Å².